The monoisotopic (exact) mass is 455 g/mol. The predicted octanol–water partition coefficient (Wildman–Crippen LogP) is 2.11. The summed E-state index contributed by atoms with van der Waals surface area (Å²) in [7, 11) is 6.68. The number of hydrazine groups is 2. The maximum atomic E-state index is 12.9. The quantitative estimate of drug-likeness (QED) is 0.235. The zero-order valence-electron chi connectivity index (χ0n) is 17.8. The van der Waals surface area contributed by atoms with Gasteiger partial charge in [0.25, 0.3) is 11.8 Å². The Bertz CT molecular complexity index is 904. The van der Waals surface area contributed by atoms with Crippen LogP contribution in [0.2, 0.25) is 0 Å². The molecule has 0 aliphatic carbocycles. The van der Waals surface area contributed by atoms with Gasteiger partial charge in [0.05, 0.1) is 0 Å². The fourth-order valence-corrected chi connectivity index (χ4v) is 2.92. The topological polar surface area (TPSA) is 67.9 Å². The lowest BCUT2D eigenvalue weighted by Crippen LogP contribution is -2.49. The van der Waals surface area contributed by atoms with Crippen molar-refractivity contribution >= 4 is 46.2 Å². The van der Waals surface area contributed by atoms with Crippen LogP contribution in [0.25, 0.3) is 0 Å². The van der Waals surface area contributed by atoms with Gasteiger partial charge in [-0.05, 0) is 0 Å². The van der Waals surface area contributed by atoms with E-state index in [0.29, 0.717) is 9.98 Å². The summed E-state index contributed by atoms with van der Waals surface area (Å²) < 4.78 is 0. The SMILES string of the molecule is CN(C)C=C(C(=O)NN(C)C(=S)c1ccccc1)C(=O)NN(C)C(=S)c1ccccc1. The van der Waals surface area contributed by atoms with Gasteiger partial charge in [-0.2, -0.15) is 0 Å². The molecule has 0 aliphatic heterocycles. The van der Waals surface area contributed by atoms with E-state index in [2.05, 4.69) is 10.9 Å². The van der Waals surface area contributed by atoms with Crippen molar-refractivity contribution in [2.24, 2.45) is 0 Å². The molecule has 9 heteroatoms. The van der Waals surface area contributed by atoms with E-state index in [9.17, 15) is 9.59 Å². The Morgan fingerprint density at radius 1 is 0.710 bits per heavy atom. The van der Waals surface area contributed by atoms with Crippen molar-refractivity contribution in [3.63, 3.8) is 0 Å². The number of nitrogens with zero attached hydrogens (tertiary/aromatic N) is 3. The number of rotatable bonds is 5. The van der Waals surface area contributed by atoms with Crippen LogP contribution < -0.4 is 10.9 Å². The zero-order chi connectivity index (χ0) is 23.0. The van der Waals surface area contributed by atoms with Crippen LogP contribution in [0.4, 0.5) is 0 Å². The number of thiocarbonyl (C=S) groups is 2. The molecule has 7 nitrogen and oxygen atoms in total. The van der Waals surface area contributed by atoms with Crippen LogP contribution >= 0.6 is 24.4 Å². The minimum absolute atomic E-state index is 0.101. The van der Waals surface area contributed by atoms with E-state index in [1.165, 1.54) is 16.2 Å². The Labute approximate surface area is 193 Å². The van der Waals surface area contributed by atoms with Gasteiger partial charge in [-0.15, -0.1) is 0 Å². The molecule has 2 aromatic carbocycles. The fourth-order valence-electron chi connectivity index (χ4n) is 2.55. The molecule has 0 saturated heterocycles. The molecule has 2 aromatic rings. The summed E-state index contributed by atoms with van der Waals surface area (Å²) in [5, 5.41) is 2.81. The second-order valence-corrected chi connectivity index (χ2v) is 7.62. The molecule has 162 valence electrons. The van der Waals surface area contributed by atoms with E-state index < -0.39 is 11.8 Å². The molecular weight excluding hydrogens is 430 g/mol. The minimum Gasteiger partial charge on any atom is -0.383 e. The van der Waals surface area contributed by atoms with Crippen LogP contribution in [0.15, 0.2) is 72.4 Å². The number of nitrogens with one attached hydrogen (secondary N) is 2. The van der Waals surface area contributed by atoms with Crippen molar-refractivity contribution < 1.29 is 9.59 Å². The lowest BCUT2D eigenvalue weighted by atomic mass is 10.2. The van der Waals surface area contributed by atoms with Gasteiger partial charge < -0.3 is 4.90 Å². The van der Waals surface area contributed by atoms with E-state index >= 15 is 0 Å². The molecule has 2 N–H and O–H groups in total. The van der Waals surface area contributed by atoms with E-state index in [-0.39, 0.29) is 5.57 Å². The van der Waals surface area contributed by atoms with Crippen molar-refractivity contribution in [2.75, 3.05) is 28.2 Å². The first-order chi connectivity index (χ1) is 14.7. The van der Waals surface area contributed by atoms with Crippen molar-refractivity contribution in [3.05, 3.63) is 83.6 Å². The van der Waals surface area contributed by atoms with Crippen LogP contribution in [0.1, 0.15) is 11.1 Å². The van der Waals surface area contributed by atoms with Crippen molar-refractivity contribution in [2.45, 2.75) is 0 Å². The second-order valence-electron chi connectivity index (χ2n) is 6.85. The van der Waals surface area contributed by atoms with E-state index in [4.69, 9.17) is 24.4 Å². The molecule has 0 saturated carbocycles. The average Bonchev–Trinajstić information content (AvgIpc) is 2.77. The molecule has 31 heavy (non-hydrogen) atoms. The molecule has 0 radical (unpaired) electrons. The van der Waals surface area contributed by atoms with Crippen LogP contribution in [0.3, 0.4) is 0 Å². The van der Waals surface area contributed by atoms with Crippen molar-refractivity contribution in [1.82, 2.24) is 25.8 Å². The molecule has 0 atom stereocenters. The van der Waals surface area contributed by atoms with Crippen molar-refractivity contribution in [1.29, 1.82) is 0 Å². The van der Waals surface area contributed by atoms with Gasteiger partial charge in [0.15, 0.2) is 0 Å². The van der Waals surface area contributed by atoms with Gasteiger partial charge >= 0.3 is 0 Å². The fraction of sp³-hybridized carbons (Fsp3) is 0.182. The largest absolute Gasteiger partial charge is 0.383 e. The normalized spacial score (nSPS) is 9.81. The van der Waals surface area contributed by atoms with Gasteiger partial charge in [-0.1, -0.05) is 85.1 Å². The maximum absolute atomic E-state index is 12.9. The number of hydrogen-bond donors (Lipinski definition) is 2. The Hall–Kier alpha value is -3.30. The summed E-state index contributed by atoms with van der Waals surface area (Å²) in [4.78, 5) is 28.2. The molecule has 0 spiro atoms. The molecule has 0 aliphatic rings. The number of carbonyl (C=O) groups excluding carboxylic acids is 2. The number of benzene rings is 2. The molecule has 0 heterocycles. The molecule has 2 rings (SSSR count). The Balaban J connectivity index is 2.11. The van der Waals surface area contributed by atoms with Crippen LogP contribution in [0.5, 0.6) is 0 Å². The van der Waals surface area contributed by atoms with Crippen LogP contribution in [0, 0.1) is 0 Å². The highest BCUT2D eigenvalue weighted by molar-refractivity contribution is 7.80. The van der Waals surface area contributed by atoms with Crippen molar-refractivity contribution in [3.8, 4) is 0 Å². The third-order valence-electron chi connectivity index (χ3n) is 4.07. The summed E-state index contributed by atoms with van der Waals surface area (Å²) in [6.07, 6.45) is 1.43. The van der Waals surface area contributed by atoms with Gasteiger partial charge in [-0.25, -0.2) is 0 Å². The van der Waals surface area contributed by atoms with Crippen LogP contribution in [-0.2, 0) is 9.59 Å². The molecule has 0 bridgehead atoms. The second kappa shape index (κ2) is 11.2. The van der Waals surface area contributed by atoms with Gasteiger partial charge in [-0.3, -0.25) is 30.5 Å². The molecule has 0 aromatic heterocycles. The molecule has 0 fully saturated rings. The third kappa shape index (κ3) is 6.87. The Kier molecular flexibility index (Phi) is 8.65. The highest BCUT2D eigenvalue weighted by atomic mass is 32.1. The first-order valence-corrected chi connectivity index (χ1v) is 10.2. The first kappa shape index (κ1) is 24.0. The zero-order valence-corrected chi connectivity index (χ0v) is 19.5. The summed E-state index contributed by atoms with van der Waals surface area (Å²) in [5.41, 5.74) is 6.74. The van der Waals surface area contributed by atoms with Gasteiger partial charge in [0, 0.05) is 45.5 Å². The van der Waals surface area contributed by atoms with E-state index in [1.807, 2.05) is 60.7 Å². The predicted molar refractivity (Wildman–Crippen MR) is 130 cm³/mol. The van der Waals surface area contributed by atoms with Gasteiger partial charge in [0.1, 0.15) is 15.6 Å². The minimum atomic E-state index is -0.606. The molecular formula is C22H25N5O2S2. The highest BCUT2D eigenvalue weighted by Crippen LogP contribution is 2.06. The third-order valence-corrected chi connectivity index (χ3v) is 5.08. The lowest BCUT2D eigenvalue weighted by Gasteiger charge is -2.24. The number of amides is 2. The summed E-state index contributed by atoms with van der Waals surface area (Å²) in [6, 6.07) is 18.5. The summed E-state index contributed by atoms with van der Waals surface area (Å²) in [5.74, 6) is -1.21. The maximum Gasteiger partial charge on any atom is 0.276 e. The lowest BCUT2D eigenvalue weighted by molar-refractivity contribution is -0.126. The molecule has 0 unspecified atom stereocenters. The smallest absolute Gasteiger partial charge is 0.276 e. The van der Waals surface area contributed by atoms with Gasteiger partial charge in [0.2, 0.25) is 0 Å². The number of hydrogen-bond acceptors (Lipinski definition) is 5. The Morgan fingerprint density at radius 3 is 1.39 bits per heavy atom. The van der Waals surface area contributed by atoms with E-state index in [0.717, 1.165) is 11.1 Å². The standard InChI is InChI=1S/C22H25N5O2S2/c1-25(2)15-18(19(28)23-26(3)21(30)16-11-7-5-8-12-16)20(29)24-27(4)22(31)17-13-9-6-10-14-17/h5-15H,1-4H3,(H,23,28)(H,24,29). The average molecular weight is 456 g/mol. The Morgan fingerprint density at radius 2 is 1.06 bits per heavy atom. The van der Waals surface area contributed by atoms with E-state index in [1.54, 1.807) is 33.1 Å². The highest BCUT2D eigenvalue weighted by Gasteiger charge is 2.23. The summed E-state index contributed by atoms with van der Waals surface area (Å²) >= 11 is 10.8. The number of carbonyl (C=O) groups is 2. The van der Waals surface area contributed by atoms with Crippen LogP contribution in [-0.4, -0.2) is 64.9 Å². The first-order valence-electron chi connectivity index (χ1n) is 9.37. The summed E-state index contributed by atoms with van der Waals surface area (Å²) in [6.45, 7) is 0. The molecule has 2 amide bonds.